The summed E-state index contributed by atoms with van der Waals surface area (Å²) in [7, 11) is -3.85. The molecule has 1 atom stereocenters. The molecule has 178 valence electrons. The van der Waals surface area contributed by atoms with Crippen LogP contribution >= 0.6 is 0 Å². The number of nitrogens with one attached hydrogen (secondary N) is 1. The van der Waals surface area contributed by atoms with Crippen molar-refractivity contribution < 1.29 is 17.7 Å². The van der Waals surface area contributed by atoms with E-state index in [-0.39, 0.29) is 35.1 Å². The van der Waals surface area contributed by atoms with Gasteiger partial charge >= 0.3 is 0 Å². The van der Waals surface area contributed by atoms with E-state index < -0.39 is 10.0 Å². The summed E-state index contributed by atoms with van der Waals surface area (Å²) < 4.78 is 34.0. The van der Waals surface area contributed by atoms with Crippen LogP contribution in [0.5, 0.6) is 0 Å². The van der Waals surface area contributed by atoms with Crippen LogP contribution in [0.3, 0.4) is 0 Å². The van der Waals surface area contributed by atoms with E-state index in [9.17, 15) is 13.2 Å². The van der Waals surface area contributed by atoms with Crippen molar-refractivity contribution in [2.75, 3.05) is 13.1 Å². The molecule has 8 heteroatoms. The van der Waals surface area contributed by atoms with Gasteiger partial charge in [0.25, 0.3) is 0 Å². The van der Waals surface area contributed by atoms with Crippen molar-refractivity contribution in [2.24, 2.45) is 5.92 Å². The van der Waals surface area contributed by atoms with Gasteiger partial charge in [0, 0.05) is 19.1 Å². The molecule has 2 heterocycles. The monoisotopic (exact) mass is 471 g/mol. The van der Waals surface area contributed by atoms with Crippen molar-refractivity contribution in [3.05, 3.63) is 46.3 Å². The fourth-order valence-electron chi connectivity index (χ4n) is 4.80. The summed E-state index contributed by atoms with van der Waals surface area (Å²) in [5, 5.41) is 7.07. The van der Waals surface area contributed by atoms with Crippen LogP contribution in [-0.2, 0) is 14.8 Å². The lowest BCUT2D eigenvalue weighted by atomic mass is 9.98. The molecule has 1 saturated heterocycles. The maximum Gasteiger partial charge on any atom is 0.248 e. The highest BCUT2D eigenvalue weighted by Crippen LogP contribution is 2.30. The van der Waals surface area contributed by atoms with Crippen molar-refractivity contribution in [1.29, 1.82) is 0 Å². The summed E-state index contributed by atoms with van der Waals surface area (Å²) >= 11 is 0. The molecule has 1 aliphatic carbocycles. The maximum atomic E-state index is 13.6. The second-order valence-electron chi connectivity index (χ2n) is 9.35. The molecule has 0 bridgehead atoms. The molecule has 7 nitrogen and oxygen atoms in total. The Labute approximate surface area is 196 Å². The molecule has 1 aliphatic heterocycles. The van der Waals surface area contributed by atoms with E-state index in [1.54, 1.807) is 13.0 Å². The highest BCUT2D eigenvalue weighted by atomic mass is 32.2. The molecule has 0 radical (unpaired) electrons. The van der Waals surface area contributed by atoms with Gasteiger partial charge in [-0.05, 0) is 63.7 Å². The topological polar surface area (TPSA) is 92.5 Å². The standard InChI is InChI=1S/C25H33N3O4S/c1-17-10-11-18(2)20(15-17)12-13-23-24(19(3)27-32-23)33(30,31)28-14-6-7-21(16-28)25(29)26-22-8-4-5-9-22/h10-13,15,21-22H,4-9,14,16H2,1-3H3,(H,26,29)/b13-12+/t21-/m1/s1. The van der Waals surface area contributed by atoms with Gasteiger partial charge in [-0.15, -0.1) is 0 Å². The first-order chi connectivity index (χ1) is 15.8. The number of benzene rings is 1. The van der Waals surface area contributed by atoms with E-state index in [2.05, 4.69) is 10.5 Å². The third-order valence-corrected chi connectivity index (χ3v) is 8.76. The van der Waals surface area contributed by atoms with Gasteiger partial charge in [-0.1, -0.05) is 47.8 Å². The largest absolute Gasteiger partial charge is 0.355 e. The summed E-state index contributed by atoms with van der Waals surface area (Å²) in [5.74, 6) is -0.145. The van der Waals surface area contributed by atoms with Gasteiger partial charge < -0.3 is 9.84 Å². The first-order valence-corrected chi connectivity index (χ1v) is 13.2. The minimum absolute atomic E-state index is 0.0288. The fourth-order valence-corrected chi connectivity index (χ4v) is 6.57. The van der Waals surface area contributed by atoms with E-state index in [1.807, 2.05) is 38.1 Å². The summed E-state index contributed by atoms with van der Waals surface area (Å²) in [5.41, 5.74) is 3.53. The third kappa shape index (κ3) is 5.22. The highest BCUT2D eigenvalue weighted by molar-refractivity contribution is 7.89. The van der Waals surface area contributed by atoms with Gasteiger partial charge in [-0.2, -0.15) is 4.31 Å². The Bertz CT molecular complexity index is 1150. The van der Waals surface area contributed by atoms with Gasteiger partial charge in [-0.25, -0.2) is 8.42 Å². The minimum atomic E-state index is -3.85. The van der Waals surface area contributed by atoms with Crippen molar-refractivity contribution in [3.8, 4) is 0 Å². The normalized spacial score (nSPS) is 20.5. The first-order valence-electron chi connectivity index (χ1n) is 11.8. The average molecular weight is 472 g/mol. The molecule has 1 N–H and O–H groups in total. The number of carbonyl (C=O) groups is 1. The van der Waals surface area contributed by atoms with E-state index in [4.69, 9.17) is 4.52 Å². The van der Waals surface area contributed by atoms with E-state index in [0.717, 1.165) is 42.4 Å². The Kier molecular flexibility index (Phi) is 7.05. The Morgan fingerprint density at radius 3 is 2.64 bits per heavy atom. The molecule has 2 aromatic rings. The molecular weight excluding hydrogens is 438 g/mol. The van der Waals surface area contributed by atoms with Crippen LogP contribution in [0.2, 0.25) is 0 Å². The number of amides is 1. The van der Waals surface area contributed by atoms with Gasteiger partial charge in [0.2, 0.25) is 15.9 Å². The van der Waals surface area contributed by atoms with Crippen LogP contribution in [-0.4, -0.2) is 42.9 Å². The number of sulfonamides is 1. The average Bonchev–Trinajstić information content (AvgIpc) is 3.44. The molecule has 4 rings (SSSR count). The SMILES string of the molecule is Cc1ccc(C)c(/C=C/c2onc(C)c2S(=O)(=O)N2CCC[C@@H](C(=O)NC3CCCC3)C2)c1. The lowest BCUT2D eigenvalue weighted by molar-refractivity contribution is -0.126. The van der Waals surface area contributed by atoms with Crippen molar-refractivity contribution >= 4 is 28.1 Å². The number of rotatable bonds is 6. The minimum Gasteiger partial charge on any atom is -0.355 e. The van der Waals surface area contributed by atoms with E-state index in [1.165, 1.54) is 4.31 Å². The third-order valence-electron chi connectivity index (χ3n) is 6.74. The van der Waals surface area contributed by atoms with Gasteiger partial charge in [0.15, 0.2) is 10.7 Å². The number of hydrogen-bond donors (Lipinski definition) is 1. The van der Waals surface area contributed by atoms with Crippen LogP contribution in [0, 0.1) is 26.7 Å². The van der Waals surface area contributed by atoms with E-state index in [0.29, 0.717) is 25.1 Å². The Balaban J connectivity index is 1.54. The zero-order valence-corrected chi connectivity index (χ0v) is 20.5. The second-order valence-corrected chi connectivity index (χ2v) is 11.2. The van der Waals surface area contributed by atoms with Gasteiger partial charge in [-0.3, -0.25) is 4.79 Å². The maximum absolute atomic E-state index is 13.6. The fraction of sp³-hybridized carbons (Fsp3) is 0.520. The summed E-state index contributed by atoms with van der Waals surface area (Å²) in [6.07, 6.45) is 9.18. The van der Waals surface area contributed by atoms with Gasteiger partial charge in [0.1, 0.15) is 5.69 Å². The number of hydrogen-bond acceptors (Lipinski definition) is 5. The second kappa shape index (κ2) is 9.81. The lowest BCUT2D eigenvalue weighted by Crippen LogP contribution is -2.47. The molecule has 1 saturated carbocycles. The van der Waals surface area contributed by atoms with Crippen LogP contribution in [0.15, 0.2) is 27.6 Å². The molecule has 1 aromatic carbocycles. The predicted octanol–water partition coefficient (Wildman–Crippen LogP) is 4.23. The summed E-state index contributed by atoms with van der Waals surface area (Å²) in [6, 6.07) is 6.34. The molecule has 2 aliphatic rings. The smallest absolute Gasteiger partial charge is 0.248 e. The van der Waals surface area contributed by atoms with Gasteiger partial charge in [0.05, 0.1) is 5.92 Å². The quantitative estimate of drug-likeness (QED) is 0.681. The van der Waals surface area contributed by atoms with Crippen molar-refractivity contribution in [1.82, 2.24) is 14.8 Å². The molecule has 1 amide bonds. The van der Waals surface area contributed by atoms with Crippen molar-refractivity contribution in [3.63, 3.8) is 0 Å². The summed E-state index contributed by atoms with van der Waals surface area (Å²) in [6.45, 7) is 6.24. The zero-order valence-electron chi connectivity index (χ0n) is 19.6. The Hall–Kier alpha value is -2.45. The van der Waals surface area contributed by atoms with E-state index >= 15 is 0 Å². The van der Waals surface area contributed by atoms with Crippen molar-refractivity contribution in [2.45, 2.75) is 70.2 Å². The number of aryl methyl sites for hydroxylation is 3. The number of aromatic nitrogens is 1. The first kappa shape index (κ1) is 23.7. The van der Waals surface area contributed by atoms with Crippen LogP contribution in [0.1, 0.15) is 66.7 Å². The number of nitrogens with zero attached hydrogens (tertiary/aromatic N) is 2. The molecule has 0 unspecified atom stereocenters. The van der Waals surface area contributed by atoms with Crippen LogP contribution in [0.4, 0.5) is 0 Å². The summed E-state index contributed by atoms with van der Waals surface area (Å²) in [4.78, 5) is 12.9. The van der Waals surface area contributed by atoms with Crippen LogP contribution in [0.25, 0.3) is 12.2 Å². The highest BCUT2D eigenvalue weighted by Gasteiger charge is 2.37. The molecule has 1 aromatic heterocycles. The molecule has 33 heavy (non-hydrogen) atoms. The lowest BCUT2D eigenvalue weighted by Gasteiger charge is -2.31. The Morgan fingerprint density at radius 1 is 1.12 bits per heavy atom. The molecular formula is C25H33N3O4S. The molecule has 2 fully saturated rings. The number of piperidine rings is 1. The van der Waals surface area contributed by atoms with Crippen LogP contribution < -0.4 is 5.32 Å². The number of carbonyl (C=O) groups excluding carboxylic acids is 1. The predicted molar refractivity (Wildman–Crippen MR) is 128 cm³/mol. The Morgan fingerprint density at radius 2 is 1.88 bits per heavy atom. The zero-order chi connectivity index (χ0) is 23.6. The molecule has 0 spiro atoms.